The first kappa shape index (κ1) is 15.1. The van der Waals surface area contributed by atoms with Crippen molar-refractivity contribution in [3.05, 3.63) is 52.2 Å². The number of benzene rings is 1. The number of H-pyrrole nitrogens is 1. The minimum atomic E-state index is -0.152. The van der Waals surface area contributed by atoms with Gasteiger partial charge in [0, 0.05) is 36.6 Å². The summed E-state index contributed by atoms with van der Waals surface area (Å²) in [6.07, 6.45) is 0.306. The Hall–Kier alpha value is -2.30. The molecule has 0 bridgehead atoms. The van der Waals surface area contributed by atoms with Gasteiger partial charge in [0.1, 0.15) is 0 Å². The number of carbonyl (C=O) groups is 1. The number of nitrogens with zero attached hydrogens (tertiary/aromatic N) is 2. The Morgan fingerprint density at radius 3 is 2.43 bits per heavy atom. The molecule has 1 N–H and O–H groups in total. The topological polar surface area (TPSA) is 58.1 Å². The summed E-state index contributed by atoms with van der Waals surface area (Å²) in [7, 11) is 0. The predicted octanol–water partition coefficient (Wildman–Crippen LogP) is 2.24. The molecule has 0 atom stereocenters. The van der Waals surface area contributed by atoms with Gasteiger partial charge in [-0.05, 0) is 32.9 Å². The highest BCUT2D eigenvalue weighted by molar-refractivity contribution is 5.93. The summed E-state index contributed by atoms with van der Waals surface area (Å²) in [4.78, 5) is 28.6. The first-order valence-electron chi connectivity index (χ1n) is 7.16. The Bertz CT molecular complexity index is 671. The average Bonchev–Trinajstić information content (AvgIpc) is 2.72. The molecule has 0 fully saturated rings. The van der Waals surface area contributed by atoms with Gasteiger partial charge in [-0.25, -0.2) is 4.79 Å². The van der Waals surface area contributed by atoms with E-state index in [-0.39, 0.29) is 11.6 Å². The second-order valence-electron chi connectivity index (χ2n) is 5.02. The zero-order chi connectivity index (χ0) is 15.4. The van der Waals surface area contributed by atoms with Crippen molar-refractivity contribution >= 4 is 11.6 Å². The second kappa shape index (κ2) is 6.43. The zero-order valence-corrected chi connectivity index (χ0v) is 12.7. The van der Waals surface area contributed by atoms with E-state index in [1.54, 1.807) is 9.47 Å². The quantitative estimate of drug-likeness (QED) is 0.917. The number of aromatic amines is 1. The van der Waals surface area contributed by atoms with Crippen LogP contribution in [0.2, 0.25) is 0 Å². The molecule has 2 rings (SSSR count). The lowest BCUT2D eigenvalue weighted by molar-refractivity contribution is -0.118. The Labute approximate surface area is 124 Å². The number of hydrogen-bond acceptors (Lipinski definition) is 2. The minimum absolute atomic E-state index is 0.0221. The van der Waals surface area contributed by atoms with Gasteiger partial charge in [0.15, 0.2) is 0 Å². The summed E-state index contributed by atoms with van der Waals surface area (Å²) in [5.41, 5.74) is 2.47. The fourth-order valence-corrected chi connectivity index (χ4v) is 2.40. The first-order chi connectivity index (χ1) is 10.0. The van der Waals surface area contributed by atoms with Gasteiger partial charge in [-0.3, -0.25) is 9.36 Å². The van der Waals surface area contributed by atoms with E-state index in [4.69, 9.17) is 0 Å². The number of aromatic nitrogens is 2. The van der Waals surface area contributed by atoms with Crippen molar-refractivity contribution in [2.75, 3.05) is 11.4 Å². The number of hydrogen-bond donors (Lipinski definition) is 1. The molecule has 0 saturated carbocycles. The summed E-state index contributed by atoms with van der Waals surface area (Å²) >= 11 is 0. The van der Waals surface area contributed by atoms with Crippen molar-refractivity contribution in [3.8, 4) is 0 Å². The largest absolute Gasteiger partial charge is 0.325 e. The summed E-state index contributed by atoms with van der Waals surface area (Å²) in [6.45, 7) is 6.70. The van der Waals surface area contributed by atoms with Crippen LogP contribution in [0.5, 0.6) is 0 Å². The van der Waals surface area contributed by atoms with Crippen LogP contribution in [0.25, 0.3) is 0 Å². The van der Waals surface area contributed by atoms with Gasteiger partial charge in [-0.2, -0.15) is 0 Å². The molecule has 1 aromatic carbocycles. The molecule has 1 aromatic heterocycles. The third kappa shape index (κ3) is 3.24. The Morgan fingerprint density at radius 1 is 1.24 bits per heavy atom. The van der Waals surface area contributed by atoms with Gasteiger partial charge in [0.2, 0.25) is 5.91 Å². The standard InChI is InChI=1S/C16H21N3O2/c1-4-18(14-8-6-5-7-9-14)15(20)10-11-19-13(3)12(2)17-16(19)21/h5-9H,4,10-11H2,1-3H3,(H,17,21). The van der Waals surface area contributed by atoms with E-state index < -0.39 is 0 Å². The van der Waals surface area contributed by atoms with Gasteiger partial charge in [0.05, 0.1) is 0 Å². The van der Waals surface area contributed by atoms with Crippen LogP contribution in [0, 0.1) is 13.8 Å². The lowest BCUT2D eigenvalue weighted by Gasteiger charge is -2.21. The number of rotatable bonds is 5. The lowest BCUT2D eigenvalue weighted by atomic mass is 10.2. The van der Waals surface area contributed by atoms with Crippen LogP contribution in [0.4, 0.5) is 5.69 Å². The summed E-state index contributed by atoms with van der Waals surface area (Å²) in [5, 5.41) is 0. The third-order valence-electron chi connectivity index (χ3n) is 3.72. The number of aryl methyl sites for hydroxylation is 1. The van der Waals surface area contributed by atoms with Crippen molar-refractivity contribution in [3.63, 3.8) is 0 Å². The number of amides is 1. The molecular formula is C16H21N3O2. The highest BCUT2D eigenvalue weighted by Gasteiger charge is 2.15. The van der Waals surface area contributed by atoms with Crippen molar-refractivity contribution in [2.45, 2.75) is 33.7 Å². The van der Waals surface area contributed by atoms with Gasteiger partial charge in [0.25, 0.3) is 0 Å². The Kier molecular flexibility index (Phi) is 4.62. The van der Waals surface area contributed by atoms with Crippen LogP contribution in [0.3, 0.4) is 0 Å². The van der Waals surface area contributed by atoms with E-state index in [2.05, 4.69) is 4.98 Å². The molecule has 2 aromatic rings. The van der Waals surface area contributed by atoms with Gasteiger partial charge < -0.3 is 9.88 Å². The highest BCUT2D eigenvalue weighted by atomic mass is 16.2. The van der Waals surface area contributed by atoms with Gasteiger partial charge in [-0.15, -0.1) is 0 Å². The number of para-hydroxylation sites is 1. The molecule has 5 heteroatoms. The highest BCUT2D eigenvalue weighted by Crippen LogP contribution is 2.14. The number of anilines is 1. The maximum atomic E-state index is 12.4. The van der Waals surface area contributed by atoms with Crippen LogP contribution >= 0.6 is 0 Å². The van der Waals surface area contributed by atoms with Crippen LogP contribution in [0.1, 0.15) is 24.7 Å². The molecule has 5 nitrogen and oxygen atoms in total. The summed E-state index contributed by atoms with van der Waals surface area (Å²) in [5.74, 6) is 0.0221. The molecule has 1 amide bonds. The Morgan fingerprint density at radius 2 is 1.90 bits per heavy atom. The molecule has 1 heterocycles. The van der Waals surface area contributed by atoms with E-state index >= 15 is 0 Å². The predicted molar refractivity (Wildman–Crippen MR) is 83.6 cm³/mol. The monoisotopic (exact) mass is 287 g/mol. The lowest BCUT2D eigenvalue weighted by Crippen LogP contribution is -2.32. The molecule has 112 valence electrons. The first-order valence-corrected chi connectivity index (χ1v) is 7.16. The van der Waals surface area contributed by atoms with E-state index in [0.717, 1.165) is 17.1 Å². The molecule has 0 aliphatic heterocycles. The Balaban J connectivity index is 2.09. The summed E-state index contributed by atoms with van der Waals surface area (Å²) in [6, 6.07) is 9.58. The molecular weight excluding hydrogens is 266 g/mol. The van der Waals surface area contributed by atoms with Crippen molar-refractivity contribution in [1.29, 1.82) is 0 Å². The SMILES string of the molecule is CCN(C(=O)CCn1c(C)c(C)[nH]c1=O)c1ccccc1. The van der Waals surface area contributed by atoms with E-state index in [0.29, 0.717) is 19.5 Å². The smallest absolute Gasteiger partial charge is 0.313 e. The summed E-state index contributed by atoms with van der Waals surface area (Å²) < 4.78 is 1.62. The van der Waals surface area contributed by atoms with Crippen molar-refractivity contribution in [1.82, 2.24) is 9.55 Å². The maximum absolute atomic E-state index is 12.4. The van der Waals surface area contributed by atoms with Crippen LogP contribution in [0.15, 0.2) is 35.1 Å². The van der Waals surface area contributed by atoms with Gasteiger partial charge in [-0.1, -0.05) is 18.2 Å². The van der Waals surface area contributed by atoms with Crippen LogP contribution in [-0.2, 0) is 11.3 Å². The van der Waals surface area contributed by atoms with Crippen molar-refractivity contribution < 1.29 is 4.79 Å². The van der Waals surface area contributed by atoms with Crippen LogP contribution < -0.4 is 10.6 Å². The second-order valence-corrected chi connectivity index (χ2v) is 5.02. The van der Waals surface area contributed by atoms with E-state index in [1.807, 2.05) is 51.1 Å². The minimum Gasteiger partial charge on any atom is -0.313 e. The molecule has 0 saturated heterocycles. The van der Waals surface area contributed by atoms with E-state index in [1.165, 1.54) is 0 Å². The zero-order valence-electron chi connectivity index (χ0n) is 12.7. The average molecular weight is 287 g/mol. The maximum Gasteiger partial charge on any atom is 0.325 e. The fraction of sp³-hybridized carbons (Fsp3) is 0.375. The number of imidazole rings is 1. The molecule has 0 unspecified atom stereocenters. The molecule has 0 spiro atoms. The molecule has 0 aliphatic rings. The number of carbonyl (C=O) groups excluding carboxylic acids is 1. The molecule has 0 radical (unpaired) electrons. The molecule has 0 aliphatic carbocycles. The van der Waals surface area contributed by atoms with Gasteiger partial charge >= 0.3 is 5.69 Å². The van der Waals surface area contributed by atoms with Crippen molar-refractivity contribution in [2.24, 2.45) is 0 Å². The number of nitrogens with one attached hydrogen (secondary N) is 1. The molecule has 21 heavy (non-hydrogen) atoms. The van der Waals surface area contributed by atoms with E-state index in [9.17, 15) is 9.59 Å². The fourth-order valence-electron chi connectivity index (χ4n) is 2.40. The van der Waals surface area contributed by atoms with Crippen LogP contribution in [-0.4, -0.2) is 22.0 Å². The third-order valence-corrected chi connectivity index (χ3v) is 3.72. The normalized spacial score (nSPS) is 10.6.